The Labute approximate surface area is 74.4 Å². The van der Waals surface area contributed by atoms with Crippen molar-refractivity contribution in [2.24, 2.45) is 0 Å². The molecule has 2 rings (SSSR count). The third kappa shape index (κ3) is 1.01. The van der Waals surface area contributed by atoms with Gasteiger partial charge in [-0.2, -0.15) is 0 Å². The molecule has 1 aromatic heterocycles. The van der Waals surface area contributed by atoms with Crippen molar-refractivity contribution in [3.63, 3.8) is 0 Å². The van der Waals surface area contributed by atoms with Crippen LogP contribution in [0.4, 0.5) is 0 Å². The quantitative estimate of drug-likeness (QED) is 0.616. The van der Waals surface area contributed by atoms with E-state index in [1.165, 1.54) is 4.57 Å². The van der Waals surface area contributed by atoms with E-state index in [2.05, 4.69) is 0 Å². The van der Waals surface area contributed by atoms with Gasteiger partial charge in [0.05, 0.1) is 5.52 Å². The Bertz CT molecular complexity index is 433. The Kier molecular flexibility index (Phi) is 1.62. The highest BCUT2D eigenvalue weighted by Gasteiger charge is 1.99. The van der Waals surface area contributed by atoms with Crippen LogP contribution in [0.25, 0.3) is 10.9 Å². The molecule has 0 saturated carbocycles. The summed E-state index contributed by atoms with van der Waals surface area (Å²) in [5, 5.41) is 1.66. The van der Waals surface area contributed by atoms with Gasteiger partial charge in [0.2, 0.25) is 6.41 Å². The van der Waals surface area contributed by atoms with E-state index in [-0.39, 0.29) is 0 Å². The number of carbonyl (C=O) groups is 1. The van der Waals surface area contributed by atoms with Gasteiger partial charge in [-0.3, -0.25) is 9.36 Å². The van der Waals surface area contributed by atoms with Crippen molar-refractivity contribution in [2.75, 3.05) is 0 Å². The number of nitrogens with zero attached hydrogens (tertiary/aromatic N) is 1. The fourth-order valence-corrected chi connectivity index (χ4v) is 1.38. The van der Waals surface area contributed by atoms with Crippen LogP contribution in [0.1, 0.15) is 0 Å². The maximum absolute atomic E-state index is 10.5. The minimum absolute atomic E-state index is 0.643. The second kappa shape index (κ2) is 2.64. The molecule has 12 heavy (non-hydrogen) atoms. The summed E-state index contributed by atoms with van der Waals surface area (Å²) in [6.45, 7) is 0. The van der Waals surface area contributed by atoms with E-state index in [1.807, 2.05) is 12.1 Å². The third-order valence-corrected chi connectivity index (χ3v) is 2.03. The highest BCUT2D eigenvalue weighted by atomic mass is 35.5. The summed E-state index contributed by atoms with van der Waals surface area (Å²) in [6.07, 6.45) is 2.48. The van der Waals surface area contributed by atoms with Crippen LogP contribution >= 0.6 is 11.6 Å². The fourth-order valence-electron chi connectivity index (χ4n) is 1.21. The highest BCUT2D eigenvalue weighted by Crippen LogP contribution is 2.19. The van der Waals surface area contributed by atoms with E-state index in [9.17, 15) is 4.79 Å². The zero-order chi connectivity index (χ0) is 8.55. The molecule has 3 heteroatoms. The SMILES string of the molecule is O=Cn1ccc2ccc(Cl)cc21. The maximum atomic E-state index is 10.5. The van der Waals surface area contributed by atoms with Gasteiger partial charge in [-0.05, 0) is 18.2 Å². The van der Waals surface area contributed by atoms with Gasteiger partial charge in [0.1, 0.15) is 0 Å². The van der Waals surface area contributed by atoms with Crippen LogP contribution in [0.3, 0.4) is 0 Å². The normalized spacial score (nSPS) is 10.4. The predicted molar refractivity (Wildman–Crippen MR) is 49.1 cm³/mol. The molecule has 1 heterocycles. The average molecular weight is 180 g/mol. The Balaban J connectivity index is 2.83. The predicted octanol–water partition coefficient (Wildman–Crippen LogP) is 2.33. The van der Waals surface area contributed by atoms with E-state index in [4.69, 9.17) is 11.6 Å². The lowest BCUT2D eigenvalue weighted by atomic mass is 10.2. The van der Waals surface area contributed by atoms with E-state index in [0.29, 0.717) is 5.02 Å². The summed E-state index contributed by atoms with van der Waals surface area (Å²) in [6, 6.07) is 7.34. The maximum Gasteiger partial charge on any atom is 0.218 e. The molecule has 0 spiro atoms. The average Bonchev–Trinajstić information content (AvgIpc) is 2.46. The molecule has 0 fully saturated rings. The van der Waals surface area contributed by atoms with Gasteiger partial charge in [-0.15, -0.1) is 0 Å². The van der Waals surface area contributed by atoms with Crippen molar-refractivity contribution < 1.29 is 4.79 Å². The van der Waals surface area contributed by atoms with Crippen LogP contribution in [-0.4, -0.2) is 11.0 Å². The van der Waals surface area contributed by atoms with Gasteiger partial charge in [0.25, 0.3) is 0 Å². The number of halogens is 1. The largest absolute Gasteiger partial charge is 0.290 e. The third-order valence-electron chi connectivity index (χ3n) is 1.80. The molecule has 0 N–H and O–H groups in total. The first kappa shape index (κ1) is 7.37. The number of rotatable bonds is 1. The van der Waals surface area contributed by atoms with Crippen LogP contribution < -0.4 is 0 Å². The molecule has 0 amide bonds. The Hall–Kier alpha value is -1.28. The lowest BCUT2D eigenvalue weighted by Gasteiger charge is -1.94. The second-order valence-electron chi connectivity index (χ2n) is 2.53. The molecule has 0 radical (unpaired) electrons. The first-order valence-corrected chi connectivity index (χ1v) is 3.90. The highest BCUT2D eigenvalue weighted by molar-refractivity contribution is 6.31. The molecule has 0 unspecified atom stereocenters. The molecule has 1 aromatic carbocycles. The summed E-state index contributed by atoms with van der Waals surface area (Å²) >= 11 is 5.78. The number of hydrogen-bond donors (Lipinski definition) is 0. The number of fused-ring (bicyclic) bond motifs is 1. The van der Waals surface area contributed by atoms with E-state index >= 15 is 0 Å². The second-order valence-corrected chi connectivity index (χ2v) is 2.97. The Morgan fingerprint density at radius 2 is 2.17 bits per heavy atom. The van der Waals surface area contributed by atoms with Crippen LogP contribution in [0.2, 0.25) is 5.02 Å². The van der Waals surface area contributed by atoms with Gasteiger partial charge in [0, 0.05) is 16.6 Å². The zero-order valence-corrected chi connectivity index (χ0v) is 6.95. The number of aromatic nitrogens is 1. The molecule has 2 nitrogen and oxygen atoms in total. The standard InChI is InChI=1S/C9H6ClNO/c10-8-2-1-7-3-4-11(6-12)9(7)5-8/h1-6H. The van der Waals surface area contributed by atoms with Crippen molar-refractivity contribution >= 4 is 28.9 Å². The van der Waals surface area contributed by atoms with E-state index in [0.717, 1.165) is 17.3 Å². The minimum atomic E-state index is 0.643. The summed E-state index contributed by atoms with van der Waals surface area (Å²) in [5.41, 5.74) is 0.845. The van der Waals surface area contributed by atoms with Crippen molar-refractivity contribution in [2.45, 2.75) is 0 Å². The Morgan fingerprint density at radius 1 is 1.33 bits per heavy atom. The molecule has 0 aliphatic carbocycles. The molecule has 0 saturated heterocycles. The van der Waals surface area contributed by atoms with Crippen molar-refractivity contribution in [1.82, 2.24) is 4.57 Å². The monoisotopic (exact) mass is 179 g/mol. The van der Waals surface area contributed by atoms with Crippen molar-refractivity contribution in [1.29, 1.82) is 0 Å². The smallest absolute Gasteiger partial charge is 0.218 e. The lowest BCUT2D eigenvalue weighted by Crippen LogP contribution is -1.90. The molecular weight excluding hydrogens is 174 g/mol. The number of benzene rings is 1. The molecule has 2 aromatic rings. The summed E-state index contributed by atoms with van der Waals surface area (Å²) in [4.78, 5) is 10.5. The van der Waals surface area contributed by atoms with Crippen LogP contribution in [0.5, 0.6) is 0 Å². The van der Waals surface area contributed by atoms with Gasteiger partial charge in [-0.1, -0.05) is 17.7 Å². The topological polar surface area (TPSA) is 22.0 Å². The first-order valence-electron chi connectivity index (χ1n) is 3.52. The van der Waals surface area contributed by atoms with Crippen LogP contribution in [0, 0.1) is 0 Å². The van der Waals surface area contributed by atoms with Gasteiger partial charge < -0.3 is 0 Å². The molecule has 60 valence electrons. The first-order chi connectivity index (χ1) is 5.81. The molecular formula is C9H6ClNO. The summed E-state index contributed by atoms with van der Waals surface area (Å²) in [5.74, 6) is 0. The van der Waals surface area contributed by atoms with Crippen molar-refractivity contribution in [3.05, 3.63) is 35.5 Å². The van der Waals surface area contributed by atoms with Gasteiger partial charge in [-0.25, -0.2) is 0 Å². The number of hydrogen-bond acceptors (Lipinski definition) is 1. The molecule has 0 aliphatic heterocycles. The fraction of sp³-hybridized carbons (Fsp3) is 0. The van der Waals surface area contributed by atoms with Crippen molar-refractivity contribution in [3.8, 4) is 0 Å². The Morgan fingerprint density at radius 3 is 2.92 bits per heavy atom. The van der Waals surface area contributed by atoms with Crippen LogP contribution in [-0.2, 0) is 4.79 Å². The minimum Gasteiger partial charge on any atom is -0.290 e. The molecule has 0 bridgehead atoms. The number of carbonyl (C=O) groups excluding carboxylic acids is 1. The van der Waals surface area contributed by atoms with E-state index < -0.39 is 0 Å². The summed E-state index contributed by atoms with van der Waals surface area (Å²) < 4.78 is 1.50. The van der Waals surface area contributed by atoms with Gasteiger partial charge >= 0.3 is 0 Å². The van der Waals surface area contributed by atoms with E-state index in [1.54, 1.807) is 18.3 Å². The van der Waals surface area contributed by atoms with Gasteiger partial charge in [0.15, 0.2) is 0 Å². The molecule has 0 aliphatic rings. The van der Waals surface area contributed by atoms with Crippen LogP contribution in [0.15, 0.2) is 30.5 Å². The lowest BCUT2D eigenvalue weighted by molar-refractivity contribution is 0.549. The molecule has 0 atom stereocenters. The zero-order valence-electron chi connectivity index (χ0n) is 6.20. The summed E-state index contributed by atoms with van der Waals surface area (Å²) in [7, 11) is 0.